The quantitative estimate of drug-likeness (QED) is 0.484. The Balaban J connectivity index is 1.37. The number of benzene rings is 1. The molecule has 0 spiro atoms. The number of nitrogens with one attached hydrogen (secondary N) is 1. The Hall–Kier alpha value is -2.94. The minimum absolute atomic E-state index is 0.651. The van der Waals surface area contributed by atoms with Crippen LogP contribution in [0.3, 0.4) is 0 Å². The van der Waals surface area contributed by atoms with Gasteiger partial charge in [-0.2, -0.15) is 9.47 Å². The van der Waals surface area contributed by atoms with E-state index in [-0.39, 0.29) is 0 Å². The Morgan fingerprint density at radius 1 is 1.13 bits per heavy atom. The standard InChI is InChI=1S/C21H28N8S/c1-3-19-25-21(30-26-19)28-14-12-27(13-15-28)20(22-4-2)23-16-17-6-8-18(9-7-17)29-11-5-10-24-29/h5-11H,3-4,12-16H2,1-2H3,(H,22,23). The van der Waals surface area contributed by atoms with E-state index < -0.39 is 0 Å². The van der Waals surface area contributed by atoms with Crippen molar-refractivity contribution in [3.05, 3.63) is 54.1 Å². The van der Waals surface area contributed by atoms with Gasteiger partial charge in [0.15, 0.2) is 5.96 Å². The molecule has 1 saturated heterocycles. The lowest BCUT2D eigenvalue weighted by Crippen LogP contribution is -2.52. The van der Waals surface area contributed by atoms with Gasteiger partial charge >= 0.3 is 0 Å². The largest absolute Gasteiger partial charge is 0.357 e. The lowest BCUT2D eigenvalue weighted by molar-refractivity contribution is 0.372. The Kier molecular flexibility index (Phi) is 6.58. The van der Waals surface area contributed by atoms with E-state index in [0.29, 0.717) is 6.54 Å². The molecule has 158 valence electrons. The third-order valence-electron chi connectivity index (χ3n) is 5.07. The fraction of sp³-hybridized carbons (Fsp3) is 0.429. The molecule has 0 atom stereocenters. The number of hydrogen-bond acceptors (Lipinski definition) is 6. The Morgan fingerprint density at radius 3 is 2.57 bits per heavy atom. The van der Waals surface area contributed by atoms with E-state index in [9.17, 15) is 0 Å². The van der Waals surface area contributed by atoms with Crippen LogP contribution >= 0.6 is 11.5 Å². The van der Waals surface area contributed by atoms with Gasteiger partial charge in [0.1, 0.15) is 5.82 Å². The minimum Gasteiger partial charge on any atom is -0.357 e. The molecule has 2 aromatic heterocycles. The number of aromatic nitrogens is 4. The van der Waals surface area contributed by atoms with Crippen molar-refractivity contribution in [3.63, 3.8) is 0 Å². The van der Waals surface area contributed by atoms with Crippen molar-refractivity contribution in [2.75, 3.05) is 37.6 Å². The average molecular weight is 425 g/mol. The molecule has 4 rings (SSSR count). The van der Waals surface area contributed by atoms with Gasteiger partial charge in [-0.15, -0.1) is 0 Å². The summed E-state index contributed by atoms with van der Waals surface area (Å²) < 4.78 is 6.27. The van der Waals surface area contributed by atoms with Crippen LogP contribution in [-0.2, 0) is 13.0 Å². The van der Waals surface area contributed by atoms with E-state index in [1.165, 1.54) is 17.1 Å². The molecule has 1 aromatic carbocycles. The number of aryl methyl sites for hydroxylation is 1. The van der Waals surface area contributed by atoms with Crippen LogP contribution in [0.1, 0.15) is 25.2 Å². The van der Waals surface area contributed by atoms with Crippen molar-refractivity contribution in [2.24, 2.45) is 4.99 Å². The van der Waals surface area contributed by atoms with Crippen LogP contribution in [0.5, 0.6) is 0 Å². The second-order valence-corrected chi connectivity index (χ2v) is 7.84. The van der Waals surface area contributed by atoms with Crippen LogP contribution in [0.4, 0.5) is 5.13 Å². The van der Waals surface area contributed by atoms with Crippen LogP contribution < -0.4 is 10.2 Å². The number of aliphatic imine (C=N–C) groups is 1. The van der Waals surface area contributed by atoms with Crippen LogP contribution in [0.25, 0.3) is 5.69 Å². The molecule has 0 amide bonds. The highest BCUT2D eigenvalue weighted by molar-refractivity contribution is 7.09. The number of anilines is 1. The number of hydrogen-bond donors (Lipinski definition) is 1. The maximum absolute atomic E-state index is 4.88. The van der Waals surface area contributed by atoms with Gasteiger partial charge < -0.3 is 15.1 Å². The second kappa shape index (κ2) is 9.71. The number of guanidine groups is 1. The first-order chi connectivity index (χ1) is 14.8. The summed E-state index contributed by atoms with van der Waals surface area (Å²) in [6.07, 6.45) is 4.62. The van der Waals surface area contributed by atoms with Crippen LogP contribution in [0.15, 0.2) is 47.7 Å². The van der Waals surface area contributed by atoms with Gasteiger partial charge in [-0.1, -0.05) is 19.1 Å². The first-order valence-corrected chi connectivity index (χ1v) is 11.2. The lowest BCUT2D eigenvalue weighted by atomic mass is 10.2. The molecule has 1 fully saturated rings. The average Bonchev–Trinajstić information content (AvgIpc) is 3.50. The SMILES string of the molecule is CCNC(=NCc1ccc(-n2cccn2)cc1)N1CCN(c2nc(CC)ns2)CC1. The van der Waals surface area contributed by atoms with Crippen molar-refractivity contribution in [1.29, 1.82) is 0 Å². The third-order valence-corrected chi connectivity index (χ3v) is 5.89. The van der Waals surface area contributed by atoms with Crippen molar-refractivity contribution >= 4 is 22.6 Å². The number of rotatable bonds is 6. The molecule has 3 heterocycles. The fourth-order valence-electron chi connectivity index (χ4n) is 3.39. The van der Waals surface area contributed by atoms with Crippen LogP contribution in [0, 0.1) is 0 Å². The molecule has 1 aliphatic rings. The monoisotopic (exact) mass is 424 g/mol. The summed E-state index contributed by atoms with van der Waals surface area (Å²) in [5.41, 5.74) is 2.24. The van der Waals surface area contributed by atoms with Crippen molar-refractivity contribution in [3.8, 4) is 5.69 Å². The van der Waals surface area contributed by atoms with Gasteiger partial charge in [-0.05, 0) is 30.7 Å². The zero-order valence-electron chi connectivity index (χ0n) is 17.5. The summed E-state index contributed by atoms with van der Waals surface area (Å²) in [5, 5.41) is 8.75. The van der Waals surface area contributed by atoms with Gasteiger partial charge in [0.05, 0.1) is 12.2 Å². The van der Waals surface area contributed by atoms with Crippen LogP contribution in [-0.4, -0.2) is 62.7 Å². The molecule has 0 unspecified atom stereocenters. The molecule has 8 nitrogen and oxygen atoms in total. The Morgan fingerprint density at radius 2 is 1.93 bits per heavy atom. The molecular weight excluding hydrogens is 396 g/mol. The van der Waals surface area contributed by atoms with Gasteiger partial charge in [0.25, 0.3) is 0 Å². The lowest BCUT2D eigenvalue weighted by Gasteiger charge is -2.36. The minimum atomic E-state index is 0.651. The highest BCUT2D eigenvalue weighted by atomic mass is 32.1. The first-order valence-electron chi connectivity index (χ1n) is 10.5. The molecule has 1 N–H and O–H groups in total. The highest BCUT2D eigenvalue weighted by Crippen LogP contribution is 2.19. The molecule has 3 aromatic rings. The smallest absolute Gasteiger partial charge is 0.205 e. The maximum Gasteiger partial charge on any atom is 0.205 e. The van der Waals surface area contributed by atoms with E-state index >= 15 is 0 Å². The third kappa shape index (κ3) is 4.79. The van der Waals surface area contributed by atoms with E-state index in [2.05, 4.69) is 67.7 Å². The number of piperazine rings is 1. The van der Waals surface area contributed by atoms with Gasteiger partial charge in [-0.25, -0.2) is 14.7 Å². The molecule has 1 aliphatic heterocycles. The summed E-state index contributed by atoms with van der Waals surface area (Å²) >= 11 is 1.50. The van der Waals surface area contributed by atoms with E-state index in [1.807, 2.05) is 16.9 Å². The number of nitrogens with zero attached hydrogens (tertiary/aromatic N) is 7. The first kappa shape index (κ1) is 20.3. The molecule has 30 heavy (non-hydrogen) atoms. The maximum atomic E-state index is 4.88. The molecule has 0 saturated carbocycles. The van der Waals surface area contributed by atoms with Crippen molar-refractivity contribution < 1.29 is 0 Å². The van der Waals surface area contributed by atoms with E-state index in [0.717, 1.165) is 61.7 Å². The predicted molar refractivity (Wildman–Crippen MR) is 121 cm³/mol. The zero-order valence-corrected chi connectivity index (χ0v) is 18.3. The Labute approximate surface area is 181 Å². The summed E-state index contributed by atoms with van der Waals surface area (Å²) in [5.74, 6) is 1.91. The van der Waals surface area contributed by atoms with E-state index in [4.69, 9.17) is 4.99 Å². The van der Waals surface area contributed by atoms with Crippen LogP contribution in [0.2, 0.25) is 0 Å². The van der Waals surface area contributed by atoms with Gasteiger partial charge in [0, 0.05) is 63.1 Å². The molecule has 0 aliphatic carbocycles. The summed E-state index contributed by atoms with van der Waals surface area (Å²) in [4.78, 5) is 14.2. The molecule has 0 radical (unpaired) electrons. The van der Waals surface area contributed by atoms with E-state index in [1.54, 1.807) is 6.20 Å². The van der Waals surface area contributed by atoms with Gasteiger partial charge in [-0.3, -0.25) is 0 Å². The molecule has 0 bridgehead atoms. The fourth-order valence-corrected chi connectivity index (χ4v) is 4.20. The summed E-state index contributed by atoms with van der Waals surface area (Å²) in [6.45, 7) is 9.41. The van der Waals surface area contributed by atoms with Crippen molar-refractivity contribution in [2.45, 2.75) is 26.8 Å². The summed E-state index contributed by atoms with van der Waals surface area (Å²) in [7, 11) is 0. The highest BCUT2D eigenvalue weighted by Gasteiger charge is 2.22. The summed E-state index contributed by atoms with van der Waals surface area (Å²) in [6, 6.07) is 10.3. The molecular formula is C21H28N8S. The van der Waals surface area contributed by atoms with Crippen molar-refractivity contribution in [1.82, 2.24) is 29.4 Å². The van der Waals surface area contributed by atoms with Gasteiger partial charge in [0.2, 0.25) is 5.13 Å². The molecule has 9 heteroatoms. The second-order valence-electron chi connectivity index (χ2n) is 7.11. The normalized spacial score (nSPS) is 14.9. The Bertz CT molecular complexity index is 940. The topological polar surface area (TPSA) is 74.5 Å². The predicted octanol–water partition coefficient (Wildman–Crippen LogP) is 2.57. The zero-order chi connectivity index (χ0) is 20.8.